The van der Waals surface area contributed by atoms with Crippen LogP contribution in [0.15, 0.2) is 27.5 Å². The van der Waals surface area contributed by atoms with Crippen LogP contribution in [0.1, 0.15) is 38.6 Å². The number of benzene rings is 1. The maximum Gasteiger partial charge on any atom is 0.269 e. The van der Waals surface area contributed by atoms with E-state index in [2.05, 4.69) is 10.3 Å². The van der Waals surface area contributed by atoms with E-state index < -0.39 is 15.9 Å². The van der Waals surface area contributed by atoms with Crippen LogP contribution in [0.25, 0.3) is 0 Å². The molecule has 0 spiro atoms. The number of sulfonamides is 1. The van der Waals surface area contributed by atoms with E-state index in [4.69, 9.17) is 4.42 Å². The van der Waals surface area contributed by atoms with Crippen molar-refractivity contribution >= 4 is 15.9 Å². The predicted molar refractivity (Wildman–Crippen MR) is 86.6 cm³/mol. The lowest BCUT2D eigenvalue weighted by Crippen LogP contribution is -2.42. The van der Waals surface area contributed by atoms with Crippen LogP contribution in [0.5, 0.6) is 0 Å². The smallest absolute Gasteiger partial charge is 0.269 e. The Kier molecular flexibility index (Phi) is 4.63. The Hall–Kier alpha value is -2.12. The molecule has 0 aliphatic heterocycles. The fourth-order valence-electron chi connectivity index (χ4n) is 2.68. The second-order valence-electron chi connectivity index (χ2n) is 5.61. The SMILES string of the molecule is Cc1cc(C)c(S(=O)(=O)NNC(=O)c2cc(C)oc2C)c(C)c1. The highest BCUT2D eigenvalue weighted by Gasteiger charge is 2.22. The van der Waals surface area contributed by atoms with Crippen LogP contribution in [-0.2, 0) is 10.0 Å². The van der Waals surface area contributed by atoms with Gasteiger partial charge in [-0.3, -0.25) is 10.2 Å². The number of hydrazine groups is 1. The molecule has 2 rings (SSSR count). The zero-order valence-electron chi connectivity index (χ0n) is 13.8. The van der Waals surface area contributed by atoms with Crippen LogP contribution in [0, 0.1) is 34.6 Å². The minimum Gasteiger partial charge on any atom is -0.466 e. The largest absolute Gasteiger partial charge is 0.466 e. The van der Waals surface area contributed by atoms with Gasteiger partial charge < -0.3 is 4.42 Å². The van der Waals surface area contributed by atoms with Crippen molar-refractivity contribution < 1.29 is 17.6 Å². The van der Waals surface area contributed by atoms with Gasteiger partial charge in [-0.25, -0.2) is 8.42 Å². The topological polar surface area (TPSA) is 88.4 Å². The molecule has 124 valence electrons. The number of hydrogen-bond acceptors (Lipinski definition) is 4. The van der Waals surface area contributed by atoms with E-state index in [0.29, 0.717) is 28.2 Å². The summed E-state index contributed by atoms with van der Waals surface area (Å²) in [5.41, 5.74) is 4.75. The van der Waals surface area contributed by atoms with Gasteiger partial charge >= 0.3 is 0 Å². The molecule has 0 atom stereocenters. The monoisotopic (exact) mass is 336 g/mol. The van der Waals surface area contributed by atoms with Gasteiger partial charge in [0.25, 0.3) is 15.9 Å². The normalized spacial score (nSPS) is 11.5. The molecule has 0 bridgehead atoms. The molecular formula is C16H20N2O4S. The Morgan fingerprint density at radius 3 is 2.04 bits per heavy atom. The van der Waals surface area contributed by atoms with Crippen LogP contribution in [0.3, 0.4) is 0 Å². The maximum absolute atomic E-state index is 12.5. The minimum atomic E-state index is -3.86. The lowest BCUT2D eigenvalue weighted by molar-refractivity contribution is 0.0943. The van der Waals surface area contributed by atoms with Gasteiger partial charge in [0.15, 0.2) is 0 Å². The molecule has 2 aromatic rings. The first-order chi connectivity index (χ1) is 10.6. The number of carbonyl (C=O) groups excluding carboxylic acids is 1. The lowest BCUT2D eigenvalue weighted by atomic mass is 10.1. The Balaban J connectivity index is 2.23. The summed E-state index contributed by atoms with van der Waals surface area (Å²) >= 11 is 0. The van der Waals surface area contributed by atoms with Crippen molar-refractivity contribution in [2.75, 3.05) is 0 Å². The molecule has 1 aromatic heterocycles. The minimum absolute atomic E-state index is 0.170. The molecule has 0 saturated carbocycles. The Bertz CT molecular complexity index is 843. The molecule has 23 heavy (non-hydrogen) atoms. The third-order valence-electron chi connectivity index (χ3n) is 3.46. The molecule has 0 radical (unpaired) electrons. The highest BCUT2D eigenvalue weighted by Crippen LogP contribution is 2.21. The summed E-state index contributed by atoms with van der Waals surface area (Å²) in [5, 5.41) is 0. The van der Waals surface area contributed by atoms with Gasteiger partial charge in [-0.2, -0.15) is 0 Å². The van der Waals surface area contributed by atoms with Gasteiger partial charge in [0.1, 0.15) is 11.5 Å². The van der Waals surface area contributed by atoms with Gasteiger partial charge in [-0.15, -0.1) is 4.83 Å². The fourth-order valence-corrected chi connectivity index (χ4v) is 3.97. The summed E-state index contributed by atoms with van der Waals surface area (Å²) in [5.74, 6) is 0.452. The third-order valence-corrected chi connectivity index (χ3v) is 5.01. The summed E-state index contributed by atoms with van der Waals surface area (Å²) in [4.78, 5) is 14.4. The van der Waals surface area contributed by atoms with Crippen molar-refractivity contribution in [1.82, 2.24) is 10.3 Å². The van der Waals surface area contributed by atoms with Gasteiger partial charge in [-0.1, -0.05) is 17.7 Å². The number of hydrogen-bond donors (Lipinski definition) is 2. The number of rotatable bonds is 4. The van der Waals surface area contributed by atoms with Crippen molar-refractivity contribution in [3.05, 3.63) is 52.0 Å². The number of furan rings is 1. The average molecular weight is 336 g/mol. The molecule has 2 N–H and O–H groups in total. The van der Waals surface area contributed by atoms with Crippen LogP contribution < -0.4 is 10.3 Å². The van der Waals surface area contributed by atoms with Gasteiger partial charge in [0, 0.05) is 0 Å². The van der Waals surface area contributed by atoms with Crippen molar-refractivity contribution in [1.29, 1.82) is 0 Å². The van der Waals surface area contributed by atoms with Crippen LogP contribution in [-0.4, -0.2) is 14.3 Å². The lowest BCUT2D eigenvalue weighted by Gasteiger charge is -2.13. The van der Waals surface area contributed by atoms with E-state index in [1.54, 1.807) is 45.9 Å². The second kappa shape index (κ2) is 6.17. The second-order valence-corrected chi connectivity index (χ2v) is 7.23. The first kappa shape index (κ1) is 17.2. The Morgan fingerprint density at radius 2 is 1.57 bits per heavy atom. The summed E-state index contributed by atoms with van der Waals surface area (Å²) in [6, 6.07) is 5.13. The highest BCUT2D eigenvalue weighted by atomic mass is 32.2. The van der Waals surface area contributed by atoms with E-state index in [-0.39, 0.29) is 4.90 Å². The van der Waals surface area contributed by atoms with Crippen molar-refractivity contribution in [2.24, 2.45) is 0 Å². The van der Waals surface area contributed by atoms with E-state index >= 15 is 0 Å². The van der Waals surface area contributed by atoms with Crippen LogP contribution in [0.4, 0.5) is 0 Å². The van der Waals surface area contributed by atoms with Gasteiger partial charge in [0.2, 0.25) is 0 Å². The molecule has 0 unspecified atom stereocenters. The summed E-state index contributed by atoms with van der Waals surface area (Å²) in [6.45, 7) is 8.70. The van der Waals surface area contributed by atoms with E-state index in [1.807, 2.05) is 6.92 Å². The number of nitrogens with one attached hydrogen (secondary N) is 2. The molecule has 0 fully saturated rings. The van der Waals surface area contributed by atoms with Crippen LogP contribution in [0.2, 0.25) is 0 Å². The van der Waals surface area contributed by atoms with Crippen molar-refractivity contribution in [3.63, 3.8) is 0 Å². The van der Waals surface area contributed by atoms with E-state index in [9.17, 15) is 13.2 Å². The Morgan fingerprint density at radius 1 is 1.00 bits per heavy atom. The Labute approximate surface area is 135 Å². The van der Waals surface area contributed by atoms with Crippen molar-refractivity contribution in [2.45, 2.75) is 39.5 Å². The summed E-state index contributed by atoms with van der Waals surface area (Å²) < 4.78 is 30.2. The zero-order chi connectivity index (χ0) is 17.4. The molecule has 7 heteroatoms. The van der Waals surface area contributed by atoms with Crippen molar-refractivity contribution in [3.8, 4) is 0 Å². The molecule has 6 nitrogen and oxygen atoms in total. The fraction of sp³-hybridized carbons (Fsp3) is 0.312. The summed E-state index contributed by atoms with van der Waals surface area (Å²) in [6.07, 6.45) is 0. The highest BCUT2D eigenvalue weighted by molar-refractivity contribution is 7.89. The molecule has 0 aliphatic rings. The standard InChI is InChI=1S/C16H20N2O4S/c1-9-6-10(2)15(11(3)7-9)23(20,21)18-17-16(19)14-8-12(4)22-13(14)5/h6-8,18H,1-5H3,(H,17,19). The maximum atomic E-state index is 12.5. The quantitative estimate of drug-likeness (QED) is 0.839. The molecular weight excluding hydrogens is 316 g/mol. The predicted octanol–water partition coefficient (Wildman–Crippen LogP) is 2.45. The molecule has 0 saturated heterocycles. The zero-order valence-corrected chi connectivity index (χ0v) is 14.6. The van der Waals surface area contributed by atoms with E-state index in [1.165, 1.54) is 0 Å². The third kappa shape index (κ3) is 3.62. The van der Waals surface area contributed by atoms with E-state index in [0.717, 1.165) is 5.56 Å². The number of aryl methyl sites for hydroxylation is 5. The first-order valence-corrected chi connectivity index (χ1v) is 8.57. The van der Waals surface area contributed by atoms with Gasteiger partial charge in [-0.05, 0) is 51.8 Å². The molecule has 0 aliphatic carbocycles. The molecule has 1 amide bonds. The summed E-state index contributed by atoms with van der Waals surface area (Å²) in [7, 11) is -3.86. The average Bonchev–Trinajstić information content (AvgIpc) is 2.73. The molecule has 1 aromatic carbocycles. The first-order valence-electron chi connectivity index (χ1n) is 7.09. The number of amides is 1. The molecule has 1 heterocycles. The van der Waals surface area contributed by atoms with Crippen LogP contribution >= 0.6 is 0 Å². The van der Waals surface area contributed by atoms with Gasteiger partial charge in [0.05, 0.1) is 10.5 Å². The number of carbonyl (C=O) groups is 1.